The molecule has 2 N–H and O–H groups in total. The Hall–Kier alpha value is -3.00. The van der Waals surface area contributed by atoms with E-state index in [4.69, 9.17) is 0 Å². The molecule has 3 aromatic rings. The molecular weight excluding hydrogens is 360 g/mol. The van der Waals surface area contributed by atoms with Crippen molar-refractivity contribution in [3.63, 3.8) is 0 Å². The van der Waals surface area contributed by atoms with Crippen molar-refractivity contribution in [1.82, 2.24) is 10.3 Å². The van der Waals surface area contributed by atoms with Crippen LogP contribution < -0.4 is 15.4 Å². The van der Waals surface area contributed by atoms with Crippen molar-refractivity contribution in [2.24, 2.45) is 0 Å². The smallest absolute Gasteiger partial charge is 0.387 e. The number of carbonyl (C=O) groups excluding carboxylic acids is 1. The second-order valence-electron chi connectivity index (χ2n) is 5.23. The van der Waals surface area contributed by atoms with Crippen molar-refractivity contribution in [1.29, 1.82) is 0 Å². The fraction of sp³-hybridized carbons (Fsp3) is 0.111. The molecule has 5 nitrogen and oxygen atoms in total. The molecule has 0 aliphatic rings. The van der Waals surface area contributed by atoms with Crippen LogP contribution in [0, 0.1) is 0 Å². The van der Waals surface area contributed by atoms with Crippen LogP contribution in [-0.2, 0) is 6.54 Å². The van der Waals surface area contributed by atoms with Gasteiger partial charge < -0.3 is 10.1 Å². The number of alkyl halides is 2. The number of hydrogen-bond acceptors (Lipinski definition) is 4. The number of ether oxygens (including phenoxy) is 1. The molecule has 2 aromatic carbocycles. The van der Waals surface area contributed by atoms with Crippen LogP contribution in [0.1, 0.15) is 5.56 Å². The van der Waals surface area contributed by atoms with Gasteiger partial charge in [0.25, 0.3) is 0 Å². The molecular formula is C18H15F2N3O2S. The Morgan fingerprint density at radius 2 is 1.85 bits per heavy atom. The third-order valence-corrected chi connectivity index (χ3v) is 4.15. The summed E-state index contributed by atoms with van der Waals surface area (Å²) in [6.07, 6.45) is 0. The number of hydrogen-bond donors (Lipinski definition) is 2. The zero-order chi connectivity index (χ0) is 18.4. The monoisotopic (exact) mass is 375 g/mol. The lowest BCUT2D eigenvalue weighted by molar-refractivity contribution is -0.0498. The quantitative estimate of drug-likeness (QED) is 0.654. The van der Waals surface area contributed by atoms with Gasteiger partial charge in [-0.3, -0.25) is 5.32 Å². The van der Waals surface area contributed by atoms with Gasteiger partial charge in [0.15, 0.2) is 5.13 Å². The van der Waals surface area contributed by atoms with E-state index in [1.54, 1.807) is 12.1 Å². The van der Waals surface area contributed by atoms with Crippen LogP contribution in [0.2, 0.25) is 0 Å². The van der Waals surface area contributed by atoms with Gasteiger partial charge in [0.05, 0.1) is 5.69 Å². The van der Waals surface area contributed by atoms with Crippen molar-refractivity contribution in [3.8, 4) is 17.0 Å². The summed E-state index contributed by atoms with van der Waals surface area (Å²) in [7, 11) is 0. The number of halogens is 2. The Labute approximate surface area is 152 Å². The number of urea groups is 1. The van der Waals surface area contributed by atoms with E-state index in [1.165, 1.54) is 23.5 Å². The van der Waals surface area contributed by atoms with Gasteiger partial charge in [-0.15, -0.1) is 11.3 Å². The molecule has 1 aromatic heterocycles. The van der Waals surface area contributed by atoms with Gasteiger partial charge in [0.2, 0.25) is 0 Å². The van der Waals surface area contributed by atoms with Gasteiger partial charge in [0, 0.05) is 17.5 Å². The summed E-state index contributed by atoms with van der Waals surface area (Å²) in [6, 6.07) is 15.3. The largest absolute Gasteiger partial charge is 0.435 e. The second-order valence-corrected chi connectivity index (χ2v) is 6.09. The standard InChI is InChI=1S/C18H15F2N3O2S/c19-16(20)25-14-8-6-12(7-9-14)10-21-17(24)23-18-22-15(11-26-18)13-4-2-1-3-5-13/h1-9,11,16H,10H2,(H2,21,22,23,24). The van der Waals surface area contributed by atoms with E-state index >= 15 is 0 Å². The number of nitrogens with one attached hydrogen (secondary N) is 2. The maximum absolute atomic E-state index is 12.1. The van der Waals surface area contributed by atoms with E-state index in [2.05, 4.69) is 20.4 Å². The minimum absolute atomic E-state index is 0.0735. The molecule has 0 unspecified atom stereocenters. The lowest BCUT2D eigenvalue weighted by Gasteiger charge is -2.07. The number of anilines is 1. The predicted octanol–water partition coefficient (Wildman–Crippen LogP) is 4.73. The topological polar surface area (TPSA) is 63.2 Å². The summed E-state index contributed by atoms with van der Waals surface area (Å²) in [5.41, 5.74) is 2.52. The van der Waals surface area contributed by atoms with Crippen molar-refractivity contribution >= 4 is 22.5 Å². The van der Waals surface area contributed by atoms with Gasteiger partial charge >= 0.3 is 12.6 Å². The number of carbonyl (C=O) groups is 1. The highest BCUT2D eigenvalue weighted by Crippen LogP contribution is 2.24. The fourth-order valence-corrected chi connectivity index (χ4v) is 2.90. The first-order chi connectivity index (χ1) is 12.6. The maximum Gasteiger partial charge on any atom is 0.387 e. The fourth-order valence-electron chi connectivity index (χ4n) is 2.19. The molecule has 0 atom stereocenters. The number of nitrogens with zero attached hydrogens (tertiary/aromatic N) is 1. The average Bonchev–Trinajstić information content (AvgIpc) is 3.10. The molecule has 134 valence electrons. The van der Waals surface area contributed by atoms with Crippen LogP contribution in [-0.4, -0.2) is 17.6 Å². The number of aromatic nitrogens is 1. The molecule has 0 saturated heterocycles. The summed E-state index contributed by atoms with van der Waals surface area (Å²) in [6.45, 7) is -2.61. The molecule has 1 heterocycles. The molecule has 0 aliphatic heterocycles. The minimum atomic E-state index is -2.86. The highest BCUT2D eigenvalue weighted by molar-refractivity contribution is 7.14. The van der Waals surface area contributed by atoms with Gasteiger partial charge in [0.1, 0.15) is 5.75 Å². The normalized spacial score (nSPS) is 10.6. The first-order valence-corrected chi connectivity index (χ1v) is 8.57. The van der Waals surface area contributed by atoms with Gasteiger partial charge in [-0.05, 0) is 17.7 Å². The van der Waals surface area contributed by atoms with Crippen molar-refractivity contribution in [2.45, 2.75) is 13.2 Å². The lowest BCUT2D eigenvalue weighted by Crippen LogP contribution is -2.28. The molecule has 0 bridgehead atoms. The molecule has 0 spiro atoms. The summed E-state index contributed by atoms with van der Waals surface area (Å²) in [4.78, 5) is 16.3. The number of benzene rings is 2. The van der Waals surface area contributed by atoms with Crippen LogP contribution in [0.25, 0.3) is 11.3 Å². The molecule has 26 heavy (non-hydrogen) atoms. The summed E-state index contributed by atoms with van der Waals surface area (Å²) >= 11 is 1.33. The first-order valence-electron chi connectivity index (χ1n) is 7.70. The van der Waals surface area contributed by atoms with Crippen LogP contribution in [0.4, 0.5) is 18.7 Å². The van der Waals surface area contributed by atoms with E-state index in [0.29, 0.717) is 5.13 Å². The number of amides is 2. The van der Waals surface area contributed by atoms with Gasteiger partial charge in [-0.2, -0.15) is 8.78 Å². The molecule has 0 fully saturated rings. The van der Waals surface area contributed by atoms with Gasteiger partial charge in [-0.1, -0.05) is 42.5 Å². The summed E-state index contributed by atoms with van der Waals surface area (Å²) in [5, 5.41) is 7.71. The zero-order valence-corrected chi connectivity index (χ0v) is 14.3. The Morgan fingerprint density at radius 1 is 1.12 bits per heavy atom. The Balaban J connectivity index is 1.51. The van der Waals surface area contributed by atoms with Crippen molar-refractivity contribution in [2.75, 3.05) is 5.32 Å². The predicted molar refractivity (Wildman–Crippen MR) is 96.5 cm³/mol. The Kier molecular flexibility index (Phi) is 5.75. The van der Waals surface area contributed by atoms with E-state index in [9.17, 15) is 13.6 Å². The average molecular weight is 375 g/mol. The van der Waals surface area contributed by atoms with E-state index in [0.717, 1.165) is 16.8 Å². The SMILES string of the molecule is O=C(NCc1ccc(OC(F)F)cc1)Nc1nc(-c2ccccc2)cs1. The zero-order valence-electron chi connectivity index (χ0n) is 13.5. The van der Waals surface area contributed by atoms with E-state index in [-0.39, 0.29) is 12.3 Å². The number of rotatable bonds is 6. The lowest BCUT2D eigenvalue weighted by atomic mass is 10.2. The van der Waals surface area contributed by atoms with Gasteiger partial charge in [-0.25, -0.2) is 9.78 Å². The van der Waals surface area contributed by atoms with Crippen LogP contribution in [0.3, 0.4) is 0 Å². The molecule has 0 radical (unpaired) electrons. The van der Waals surface area contributed by atoms with E-state index in [1.807, 2.05) is 35.7 Å². The highest BCUT2D eigenvalue weighted by atomic mass is 32.1. The van der Waals surface area contributed by atoms with Crippen molar-refractivity contribution < 1.29 is 18.3 Å². The first kappa shape index (κ1) is 17.8. The van der Waals surface area contributed by atoms with E-state index < -0.39 is 12.6 Å². The Bertz CT molecular complexity index is 854. The highest BCUT2D eigenvalue weighted by Gasteiger charge is 2.08. The van der Waals surface area contributed by atoms with Crippen LogP contribution >= 0.6 is 11.3 Å². The van der Waals surface area contributed by atoms with Crippen LogP contribution in [0.5, 0.6) is 5.75 Å². The molecule has 0 saturated carbocycles. The molecule has 3 rings (SSSR count). The number of thiazole rings is 1. The second kappa shape index (κ2) is 8.39. The maximum atomic E-state index is 12.1. The van der Waals surface area contributed by atoms with Crippen LogP contribution in [0.15, 0.2) is 60.0 Å². The summed E-state index contributed by atoms with van der Waals surface area (Å²) in [5.74, 6) is 0.0735. The molecule has 8 heteroatoms. The third-order valence-electron chi connectivity index (χ3n) is 3.40. The molecule has 2 amide bonds. The summed E-state index contributed by atoms with van der Waals surface area (Å²) < 4.78 is 28.5. The minimum Gasteiger partial charge on any atom is -0.435 e. The molecule has 0 aliphatic carbocycles. The van der Waals surface area contributed by atoms with Crippen molar-refractivity contribution in [3.05, 3.63) is 65.5 Å². The Morgan fingerprint density at radius 3 is 2.54 bits per heavy atom. The third kappa shape index (κ3) is 5.00.